The van der Waals surface area contributed by atoms with Crippen LogP contribution in [0, 0.1) is 113 Å². The van der Waals surface area contributed by atoms with E-state index in [1.807, 2.05) is 33.4 Å². The molecule has 37 heavy (non-hydrogen) atoms. The first kappa shape index (κ1) is 41.5. The Morgan fingerprint density at radius 1 is 1.24 bits per heavy atom. The molecule has 0 radical (unpaired) electrons. The number of allylic oxidation sites excluding steroid dienone is 2. The van der Waals surface area contributed by atoms with E-state index in [1.165, 1.54) is 31.3 Å². The monoisotopic (exact) mass is 962 g/mol. The average Bonchev–Trinajstić information content (AvgIpc) is 3.30. The Morgan fingerprint density at radius 2 is 1.86 bits per heavy atom. The molecule has 0 saturated heterocycles. The molecule has 0 aliphatic heterocycles. The van der Waals surface area contributed by atoms with E-state index < -0.39 is 0 Å². The molecule has 0 bridgehead atoms. The Hall–Kier alpha value is 0.0239. The van der Waals surface area contributed by atoms with Crippen LogP contribution in [0.5, 0.6) is 0 Å². The molecule has 1 amide bonds. The smallest absolute Gasteiger partial charge is 0.411 e. The molecule has 0 spiro atoms. The zero-order chi connectivity index (χ0) is 26.8. The summed E-state index contributed by atoms with van der Waals surface area (Å²) in [6, 6.07) is 0.121. The number of nitrogens with two attached hydrogens (primary N) is 1. The zero-order valence-corrected chi connectivity index (χ0v) is 32.5. The van der Waals surface area contributed by atoms with Crippen LogP contribution in [-0.4, -0.2) is 28.1 Å². The van der Waals surface area contributed by atoms with Crippen LogP contribution in [0.4, 0.5) is 0 Å². The van der Waals surface area contributed by atoms with Crippen LogP contribution >= 0.6 is 0 Å². The number of hydrogen-bond donors (Lipinski definition) is 4. The second-order valence-corrected chi connectivity index (χ2v) is 9.34. The number of carbonyl (C=O) groups excluding carboxylic acids is 1. The van der Waals surface area contributed by atoms with E-state index in [0.717, 1.165) is 48.7 Å². The van der Waals surface area contributed by atoms with Gasteiger partial charge in [-0.15, -0.1) is 13.0 Å². The maximum absolute atomic E-state index is 11.6. The molecule has 8 heteroatoms. The Morgan fingerprint density at radius 3 is 2.32 bits per heavy atom. The van der Waals surface area contributed by atoms with Crippen LogP contribution in [0.1, 0.15) is 104 Å². The summed E-state index contributed by atoms with van der Waals surface area (Å²) in [5.41, 5.74) is 9.87. The van der Waals surface area contributed by atoms with Gasteiger partial charge in [0.1, 0.15) is 5.82 Å². The van der Waals surface area contributed by atoms with E-state index in [-0.39, 0.29) is 80.1 Å². The van der Waals surface area contributed by atoms with Crippen molar-refractivity contribution < 1.29 is 67.0 Å². The van der Waals surface area contributed by atoms with Crippen molar-refractivity contribution in [1.29, 1.82) is 5.41 Å². The van der Waals surface area contributed by atoms with E-state index in [9.17, 15) is 4.79 Å². The van der Waals surface area contributed by atoms with Gasteiger partial charge in [-0.3, -0.25) is 6.42 Å². The van der Waals surface area contributed by atoms with Gasteiger partial charge in [-0.25, -0.2) is 4.98 Å². The molecule has 0 aliphatic carbocycles. The van der Waals surface area contributed by atoms with Gasteiger partial charge in [0.05, 0.1) is 11.6 Å². The van der Waals surface area contributed by atoms with Crippen molar-refractivity contribution in [3.05, 3.63) is 55.6 Å². The minimum absolute atomic E-state index is 0. The van der Waals surface area contributed by atoms with Crippen LogP contribution in [-0.2, 0) is 4.79 Å². The van der Waals surface area contributed by atoms with E-state index in [0.29, 0.717) is 18.7 Å². The molecule has 0 aromatic carbocycles. The molecule has 2 unspecified atom stereocenters. The van der Waals surface area contributed by atoms with Crippen LogP contribution in [0.3, 0.4) is 0 Å². The number of carbonyl (C=O) groups is 1. The fraction of sp³-hybridized carbons (Fsp3) is 0.621. The molecule has 6 nitrogen and oxygen atoms in total. The minimum Gasteiger partial charge on any atom is -0.411 e. The third kappa shape index (κ3) is 18.1. The van der Waals surface area contributed by atoms with Crippen molar-refractivity contribution in [1.82, 2.24) is 15.3 Å². The Balaban J connectivity index is -0.000000612. The molecule has 0 saturated carbocycles. The number of nitrogens with one attached hydrogen (secondary N) is 3. The number of aromatic nitrogens is 2. The van der Waals surface area contributed by atoms with Gasteiger partial charge in [-0.2, -0.15) is 19.8 Å². The summed E-state index contributed by atoms with van der Waals surface area (Å²) < 4.78 is 0. The van der Waals surface area contributed by atoms with Gasteiger partial charge in [0.2, 0.25) is 0 Å². The summed E-state index contributed by atoms with van der Waals surface area (Å²) in [4.78, 5) is 18.9. The molecular weight excluding hydrogens is 910 g/mol. The van der Waals surface area contributed by atoms with Gasteiger partial charge in [-0.05, 0) is 38.2 Å². The summed E-state index contributed by atoms with van der Waals surface area (Å²) in [6.07, 6.45) is 12.8. The summed E-state index contributed by atoms with van der Waals surface area (Å²) >= 11 is 0. The van der Waals surface area contributed by atoms with Crippen LogP contribution in [0.25, 0.3) is 0 Å². The molecule has 1 aromatic rings. The van der Waals surface area contributed by atoms with Crippen LogP contribution in [0.2, 0.25) is 0 Å². The summed E-state index contributed by atoms with van der Waals surface area (Å²) in [5.74, 6) is 1.85. The van der Waals surface area contributed by atoms with Crippen LogP contribution < -0.4 is 11.1 Å². The molecule has 5 N–H and O–H groups in total. The Kier molecular flexibility index (Phi) is 28.1. The summed E-state index contributed by atoms with van der Waals surface area (Å²) in [6.45, 7) is 21.0. The topological polar surface area (TPSA) is 108 Å². The number of aromatic amines is 1. The van der Waals surface area contributed by atoms with Gasteiger partial charge in [0.15, 0.2) is 0 Å². The number of hydrogen-bond acceptors (Lipinski definition) is 4. The fourth-order valence-corrected chi connectivity index (χ4v) is 3.73. The van der Waals surface area contributed by atoms with Crippen molar-refractivity contribution in [2.45, 2.75) is 99.0 Å². The quantitative estimate of drug-likeness (QED) is 0.110. The molecule has 2 atom stereocenters. The second-order valence-electron chi connectivity index (χ2n) is 9.34. The second kappa shape index (κ2) is 25.0. The van der Waals surface area contributed by atoms with Gasteiger partial charge in [-0.1, -0.05) is 51.5 Å². The third-order valence-corrected chi connectivity index (χ3v) is 6.42. The molecule has 0 fully saturated rings. The molecular formula is C29H51N5OU2. The Labute approximate surface area is 275 Å². The summed E-state index contributed by atoms with van der Waals surface area (Å²) in [5, 5.41) is 11.0. The van der Waals surface area contributed by atoms with Gasteiger partial charge in [0, 0.05) is 18.0 Å². The number of amides is 1. The van der Waals surface area contributed by atoms with Crippen molar-refractivity contribution in [2.75, 3.05) is 6.54 Å². The number of imidazole rings is 1. The maximum Gasteiger partial charge on any atom is 2.00 e. The van der Waals surface area contributed by atoms with E-state index >= 15 is 0 Å². The first-order chi connectivity index (χ1) is 16.6. The molecule has 1 heterocycles. The minimum atomic E-state index is -0.123. The number of aryl methyl sites for hydroxylation is 1. The molecule has 1 aromatic heterocycles. The zero-order valence-electron chi connectivity index (χ0n) is 24.2. The van der Waals surface area contributed by atoms with Crippen LogP contribution in [0.15, 0.2) is 17.3 Å². The van der Waals surface area contributed by atoms with E-state index in [4.69, 9.17) is 11.1 Å². The number of rotatable bonds is 16. The molecule has 1 rings (SSSR count). The van der Waals surface area contributed by atoms with Gasteiger partial charge in [0.25, 0.3) is 0 Å². The molecule has 206 valence electrons. The standard InChI is InChI=1S/C17H28N2O.C12H23N3.2U/c1-6-12-19-16(20)11-10-15(18)17(13(5)7-2)14(8-3)9-4;1-4-9(2)6-5-7-11(13)12-8-14-10(3)15-12;;/h6,11,14,18H,3-4,7-10,12H2,1-2,5H3,(H,19,20);8-9,11H,4-7,13H2,1-3H3,(H,14,15);;/q-4;;2*+2/b17-13-,18-15?;;;. The van der Waals surface area contributed by atoms with E-state index in [1.54, 1.807) is 0 Å². The predicted octanol–water partition coefficient (Wildman–Crippen LogP) is 6.67. The van der Waals surface area contributed by atoms with Crippen molar-refractivity contribution in [2.24, 2.45) is 17.6 Å². The predicted molar refractivity (Wildman–Crippen MR) is 150 cm³/mol. The first-order valence-corrected chi connectivity index (χ1v) is 13.2. The third-order valence-electron chi connectivity index (χ3n) is 6.42. The number of H-pyrrole nitrogens is 1. The SMILES string of the molecule is CCC(C)CCCC(N)c1cnc(C)[nH]1.[CH2-]CC(C[CH2-])/C(C(=N)C[CH-]C(=O)NC[CH-]C)=C(\C)CC.[U+2].[U+2]. The van der Waals surface area contributed by atoms with Crippen molar-refractivity contribution in [3.8, 4) is 0 Å². The van der Waals surface area contributed by atoms with Crippen molar-refractivity contribution >= 4 is 11.6 Å². The maximum atomic E-state index is 11.6. The van der Waals surface area contributed by atoms with Gasteiger partial charge < -0.3 is 46.5 Å². The fourth-order valence-electron chi connectivity index (χ4n) is 3.73. The van der Waals surface area contributed by atoms with E-state index in [2.05, 4.69) is 49.9 Å². The first-order valence-electron chi connectivity index (χ1n) is 13.2. The van der Waals surface area contributed by atoms with Crippen molar-refractivity contribution in [3.63, 3.8) is 0 Å². The summed E-state index contributed by atoms with van der Waals surface area (Å²) in [7, 11) is 0. The molecule has 0 aliphatic rings. The number of nitrogens with zero attached hydrogens (tertiary/aromatic N) is 1. The van der Waals surface area contributed by atoms with Gasteiger partial charge >= 0.3 is 62.2 Å². The normalized spacial score (nSPS) is 12.7. The largest absolute Gasteiger partial charge is 2.00 e. The Bertz CT molecular complexity index is 759. The average molecular weight is 962 g/mol.